The van der Waals surface area contributed by atoms with Gasteiger partial charge in [0.15, 0.2) is 0 Å². The maximum atomic E-state index is 11.8. The number of hydrogen-bond donors (Lipinski definition) is 1. The lowest BCUT2D eigenvalue weighted by Gasteiger charge is -2.06. The number of carbonyl (C=O) groups is 1. The molecule has 20 heavy (non-hydrogen) atoms. The highest BCUT2D eigenvalue weighted by Gasteiger charge is 2.13. The van der Waals surface area contributed by atoms with Crippen LogP contribution in [0, 0.1) is 13.8 Å². The molecule has 1 heterocycles. The average molecular weight is 288 g/mol. The molecule has 0 radical (unpaired) electrons. The quantitative estimate of drug-likeness (QED) is 0.935. The predicted octanol–water partition coefficient (Wildman–Crippen LogP) is 3.49. The fraction of sp³-hybridized carbons (Fsp3) is 0.375. The standard InChI is InChI=1S/C16H20N2OS/c1-10(2)17-15(19)9-14-12(4)18-16(20-14)13-7-5-6-11(3)8-13/h5-8,10H,9H2,1-4H3,(H,17,19). The van der Waals surface area contributed by atoms with Crippen molar-refractivity contribution in [3.63, 3.8) is 0 Å². The lowest BCUT2D eigenvalue weighted by molar-refractivity contribution is -0.120. The van der Waals surface area contributed by atoms with Crippen molar-refractivity contribution < 1.29 is 4.79 Å². The van der Waals surface area contributed by atoms with E-state index in [1.54, 1.807) is 11.3 Å². The maximum absolute atomic E-state index is 11.8. The van der Waals surface area contributed by atoms with Gasteiger partial charge in [-0.25, -0.2) is 4.98 Å². The molecular formula is C16H20N2OS. The summed E-state index contributed by atoms with van der Waals surface area (Å²) in [7, 11) is 0. The average Bonchev–Trinajstić information content (AvgIpc) is 2.70. The molecule has 0 unspecified atom stereocenters. The van der Waals surface area contributed by atoms with E-state index >= 15 is 0 Å². The molecule has 0 atom stereocenters. The van der Waals surface area contributed by atoms with Gasteiger partial charge in [0, 0.05) is 16.5 Å². The van der Waals surface area contributed by atoms with Crippen LogP contribution in [0.15, 0.2) is 24.3 Å². The van der Waals surface area contributed by atoms with Crippen LogP contribution in [-0.4, -0.2) is 16.9 Å². The van der Waals surface area contributed by atoms with Gasteiger partial charge in [0.2, 0.25) is 5.91 Å². The Morgan fingerprint density at radius 2 is 2.10 bits per heavy atom. The van der Waals surface area contributed by atoms with Gasteiger partial charge in [0.05, 0.1) is 12.1 Å². The van der Waals surface area contributed by atoms with Gasteiger partial charge in [-0.3, -0.25) is 4.79 Å². The normalized spacial score (nSPS) is 10.8. The van der Waals surface area contributed by atoms with Crippen molar-refractivity contribution in [2.75, 3.05) is 0 Å². The molecule has 1 aromatic carbocycles. The Hall–Kier alpha value is -1.68. The highest BCUT2D eigenvalue weighted by Crippen LogP contribution is 2.28. The fourth-order valence-electron chi connectivity index (χ4n) is 2.01. The van der Waals surface area contributed by atoms with Crippen molar-refractivity contribution in [3.05, 3.63) is 40.4 Å². The second kappa shape index (κ2) is 6.18. The zero-order valence-electron chi connectivity index (χ0n) is 12.4. The van der Waals surface area contributed by atoms with Crippen LogP contribution in [0.5, 0.6) is 0 Å². The van der Waals surface area contributed by atoms with Crippen LogP contribution in [0.2, 0.25) is 0 Å². The molecule has 106 valence electrons. The number of thiazole rings is 1. The van der Waals surface area contributed by atoms with Gasteiger partial charge < -0.3 is 5.32 Å². The molecule has 0 aliphatic carbocycles. The van der Waals surface area contributed by atoms with Crippen molar-refractivity contribution in [3.8, 4) is 10.6 Å². The molecule has 1 N–H and O–H groups in total. The molecule has 3 nitrogen and oxygen atoms in total. The number of amides is 1. The van der Waals surface area contributed by atoms with Gasteiger partial charge >= 0.3 is 0 Å². The Labute approximate surface area is 124 Å². The van der Waals surface area contributed by atoms with Gasteiger partial charge in [0.25, 0.3) is 0 Å². The molecule has 0 saturated heterocycles. The number of benzene rings is 1. The fourth-order valence-corrected chi connectivity index (χ4v) is 3.07. The van der Waals surface area contributed by atoms with Crippen molar-refractivity contribution in [1.29, 1.82) is 0 Å². The van der Waals surface area contributed by atoms with Crippen molar-refractivity contribution in [1.82, 2.24) is 10.3 Å². The van der Waals surface area contributed by atoms with E-state index in [-0.39, 0.29) is 11.9 Å². The van der Waals surface area contributed by atoms with Gasteiger partial charge in [-0.05, 0) is 33.8 Å². The summed E-state index contributed by atoms with van der Waals surface area (Å²) < 4.78 is 0. The molecule has 4 heteroatoms. The smallest absolute Gasteiger partial charge is 0.225 e. The number of aryl methyl sites for hydroxylation is 2. The Kier molecular flexibility index (Phi) is 4.55. The van der Waals surface area contributed by atoms with Crippen LogP contribution in [0.3, 0.4) is 0 Å². The third-order valence-electron chi connectivity index (χ3n) is 2.93. The summed E-state index contributed by atoms with van der Waals surface area (Å²) in [5, 5.41) is 3.90. The Morgan fingerprint density at radius 1 is 1.35 bits per heavy atom. The zero-order valence-corrected chi connectivity index (χ0v) is 13.2. The summed E-state index contributed by atoms with van der Waals surface area (Å²) in [5.74, 6) is 0.0579. The number of aromatic nitrogens is 1. The minimum atomic E-state index is 0.0579. The molecule has 0 fully saturated rings. The molecule has 2 rings (SSSR count). The summed E-state index contributed by atoms with van der Waals surface area (Å²) in [6, 6.07) is 8.46. The number of nitrogens with one attached hydrogen (secondary N) is 1. The van der Waals surface area contributed by atoms with Crippen LogP contribution in [-0.2, 0) is 11.2 Å². The first kappa shape index (κ1) is 14.7. The van der Waals surface area contributed by atoms with Gasteiger partial charge in [-0.1, -0.05) is 23.8 Å². The second-order valence-corrected chi connectivity index (χ2v) is 6.38. The monoisotopic (exact) mass is 288 g/mol. The SMILES string of the molecule is Cc1cccc(-c2nc(C)c(CC(=O)NC(C)C)s2)c1. The molecule has 0 spiro atoms. The number of carbonyl (C=O) groups excluding carboxylic acids is 1. The van der Waals surface area contributed by atoms with Gasteiger partial charge in [0.1, 0.15) is 5.01 Å². The van der Waals surface area contributed by atoms with Crippen molar-refractivity contribution >= 4 is 17.2 Å². The first-order valence-electron chi connectivity index (χ1n) is 6.78. The predicted molar refractivity (Wildman–Crippen MR) is 84.0 cm³/mol. The van der Waals surface area contributed by atoms with E-state index < -0.39 is 0 Å². The number of rotatable bonds is 4. The topological polar surface area (TPSA) is 42.0 Å². The third kappa shape index (κ3) is 3.67. The Bertz CT molecular complexity index is 617. The van der Waals surface area contributed by atoms with E-state index in [4.69, 9.17) is 0 Å². The van der Waals surface area contributed by atoms with Crippen molar-refractivity contribution in [2.24, 2.45) is 0 Å². The molecule has 1 aromatic heterocycles. The molecule has 0 bridgehead atoms. The maximum Gasteiger partial charge on any atom is 0.225 e. The van der Waals surface area contributed by atoms with E-state index in [1.165, 1.54) is 5.56 Å². The zero-order chi connectivity index (χ0) is 14.7. The third-order valence-corrected chi connectivity index (χ3v) is 4.13. The van der Waals surface area contributed by atoms with E-state index in [0.717, 1.165) is 21.1 Å². The first-order valence-corrected chi connectivity index (χ1v) is 7.60. The van der Waals surface area contributed by atoms with Crippen LogP contribution in [0.4, 0.5) is 0 Å². The minimum absolute atomic E-state index is 0.0579. The first-order chi connectivity index (χ1) is 9.45. The van der Waals surface area contributed by atoms with Gasteiger partial charge in [-0.2, -0.15) is 0 Å². The largest absolute Gasteiger partial charge is 0.354 e. The van der Waals surface area contributed by atoms with Crippen LogP contribution < -0.4 is 5.32 Å². The molecule has 0 saturated carbocycles. The van der Waals surface area contributed by atoms with E-state index in [9.17, 15) is 4.79 Å². The van der Waals surface area contributed by atoms with Crippen LogP contribution in [0.25, 0.3) is 10.6 Å². The molecule has 1 amide bonds. The highest BCUT2D eigenvalue weighted by atomic mass is 32.1. The minimum Gasteiger partial charge on any atom is -0.354 e. The summed E-state index contributed by atoms with van der Waals surface area (Å²) in [4.78, 5) is 17.5. The second-order valence-electron chi connectivity index (χ2n) is 5.30. The molecule has 0 aliphatic rings. The summed E-state index contributed by atoms with van der Waals surface area (Å²) >= 11 is 1.60. The molecule has 0 aliphatic heterocycles. The lowest BCUT2D eigenvalue weighted by Crippen LogP contribution is -2.31. The highest BCUT2D eigenvalue weighted by molar-refractivity contribution is 7.15. The van der Waals surface area contributed by atoms with Crippen LogP contribution in [0.1, 0.15) is 30.0 Å². The van der Waals surface area contributed by atoms with E-state index in [2.05, 4.69) is 35.4 Å². The van der Waals surface area contributed by atoms with E-state index in [0.29, 0.717) is 6.42 Å². The number of nitrogens with zero attached hydrogens (tertiary/aromatic N) is 1. The number of hydrogen-bond acceptors (Lipinski definition) is 3. The lowest BCUT2D eigenvalue weighted by atomic mass is 10.1. The molecular weight excluding hydrogens is 268 g/mol. The van der Waals surface area contributed by atoms with E-state index in [1.807, 2.05) is 26.8 Å². The van der Waals surface area contributed by atoms with Crippen molar-refractivity contribution in [2.45, 2.75) is 40.2 Å². The summed E-state index contributed by atoms with van der Waals surface area (Å²) in [6.07, 6.45) is 0.410. The summed E-state index contributed by atoms with van der Waals surface area (Å²) in [6.45, 7) is 7.97. The Morgan fingerprint density at radius 3 is 2.75 bits per heavy atom. The van der Waals surface area contributed by atoms with Crippen LogP contribution >= 0.6 is 11.3 Å². The van der Waals surface area contributed by atoms with Gasteiger partial charge in [-0.15, -0.1) is 11.3 Å². The Balaban J connectivity index is 2.19. The summed E-state index contributed by atoms with van der Waals surface area (Å²) in [5.41, 5.74) is 3.29. The molecule has 2 aromatic rings.